The fraction of sp³-hybridized carbons (Fsp3) is 0.429. The molecule has 4 atom stereocenters. The molecule has 0 spiro atoms. The number of nitro groups is 1. The molecule has 3 rings (SSSR count). The molecule has 0 radical (unpaired) electrons. The van der Waals surface area contributed by atoms with Crippen molar-refractivity contribution in [2.45, 2.75) is 24.5 Å². The van der Waals surface area contributed by atoms with E-state index < -0.39 is 11.0 Å². The standard InChI is InChI=1S/C14H16N2O4/c17-7-13(18)14-10-3-1-2-9(10)11-6-8(16(19)20)4-5-12(11)15-14/h1-2,4-6,9-10,13-15,17-18H,3,7H2. The van der Waals surface area contributed by atoms with Crippen molar-refractivity contribution in [1.82, 2.24) is 0 Å². The Bertz CT molecular complexity index is 572. The van der Waals surface area contributed by atoms with Crippen LogP contribution in [-0.2, 0) is 0 Å². The molecule has 0 fully saturated rings. The quantitative estimate of drug-likeness (QED) is 0.440. The highest BCUT2D eigenvalue weighted by atomic mass is 16.6. The van der Waals surface area contributed by atoms with Crippen LogP contribution in [0.25, 0.3) is 0 Å². The third-order valence-electron chi connectivity index (χ3n) is 4.20. The summed E-state index contributed by atoms with van der Waals surface area (Å²) in [7, 11) is 0. The lowest BCUT2D eigenvalue weighted by Crippen LogP contribution is -2.46. The molecule has 1 aromatic carbocycles. The van der Waals surface area contributed by atoms with Crippen LogP contribution in [0.4, 0.5) is 11.4 Å². The Balaban J connectivity index is 2.02. The second-order valence-electron chi connectivity index (χ2n) is 5.30. The number of hydrogen-bond donors (Lipinski definition) is 3. The molecule has 1 aliphatic carbocycles. The molecular weight excluding hydrogens is 260 g/mol. The minimum absolute atomic E-state index is 0.0531. The van der Waals surface area contributed by atoms with Crippen molar-refractivity contribution in [3.8, 4) is 0 Å². The normalized spacial score (nSPS) is 28.4. The predicted molar refractivity (Wildman–Crippen MR) is 73.6 cm³/mol. The van der Waals surface area contributed by atoms with Gasteiger partial charge in [-0.15, -0.1) is 0 Å². The molecule has 4 unspecified atom stereocenters. The smallest absolute Gasteiger partial charge is 0.269 e. The van der Waals surface area contributed by atoms with Gasteiger partial charge in [0.1, 0.15) is 0 Å². The molecule has 1 aliphatic heterocycles. The number of benzene rings is 1. The Morgan fingerprint density at radius 1 is 1.50 bits per heavy atom. The van der Waals surface area contributed by atoms with E-state index in [1.807, 2.05) is 12.2 Å². The van der Waals surface area contributed by atoms with Crippen LogP contribution in [0.2, 0.25) is 0 Å². The van der Waals surface area contributed by atoms with Crippen LogP contribution < -0.4 is 5.32 Å². The lowest BCUT2D eigenvalue weighted by molar-refractivity contribution is -0.384. The number of aliphatic hydroxyl groups excluding tert-OH is 2. The zero-order valence-corrected chi connectivity index (χ0v) is 10.8. The molecule has 6 nitrogen and oxygen atoms in total. The van der Waals surface area contributed by atoms with E-state index in [1.165, 1.54) is 6.07 Å². The molecule has 0 saturated heterocycles. The fourth-order valence-electron chi connectivity index (χ4n) is 3.23. The molecule has 106 valence electrons. The van der Waals surface area contributed by atoms with Crippen LogP contribution in [-0.4, -0.2) is 33.9 Å². The van der Waals surface area contributed by atoms with Crippen molar-refractivity contribution in [3.63, 3.8) is 0 Å². The number of rotatable bonds is 3. The van der Waals surface area contributed by atoms with Gasteiger partial charge in [0.05, 0.1) is 23.7 Å². The molecule has 0 amide bonds. The van der Waals surface area contributed by atoms with E-state index in [4.69, 9.17) is 0 Å². The molecule has 6 heteroatoms. The number of non-ortho nitro benzene ring substituents is 1. The summed E-state index contributed by atoms with van der Waals surface area (Å²) in [5.74, 6) is 0.170. The monoisotopic (exact) mass is 276 g/mol. The lowest BCUT2D eigenvalue weighted by Gasteiger charge is -2.39. The predicted octanol–water partition coefficient (Wildman–Crippen LogP) is 1.40. The van der Waals surface area contributed by atoms with Crippen LogP contribution in [0.15, 0.2) is 30.4 Å². The SMILES string of the molecule is O=[N+]([O-])c1ccc2c(c1)C1C=CCC1C(C(O)CO)N2. The molecular formula is C14H16N2O4. The van der Waals surface area contributed by atoms with Crippen LogP contribution in [0.1, 0.15) is 17.9 Å². The van der Waals surface area contributed by atoms with Crippen molar-refractivity contribution in [3.05, 3.63) is 46.0 Å². The Kier molecular flexibility index (Phi) is 3.19. The van der Waals surface area contributed by atoms with Crippen LogP contribution in [0.3, 0.4) is 0 Å². The van der Waals surface area contributed by atoms with Crippen LogP contribution >= 0.6 is 0 Å². The van der Waals surface area contributed by atoms with Crippen molar-refractivity contribution in [2.24, 2.45) is 5.92 Å². The van der Waals surface area contributed by atoms with Crippen molar-refractivity contribution < 1.29 is 15.1 Å². The molecule has 0 bridgehead atoms. The summed E-state index contributed by atoms with van der Waals surface area (Å²) in [4.78, 5) is 10.5. The molecule has 0 saturated carbocycles. The van der Waals surface area contributed by atoms with Gasteiger partial charge in [-0.2, -0.15) is 0 Å². The van der Waals surface area contributed by atoms with E-state index in [1.54, 1.807) is 12.1 Å². The summed E-state index contributed by atoms with van der Waals surface area (Å²) in [6.45, 7) is -0.302. The van der Waals surface area contributed by atoms with Gasteiger partial charge in [0.15, 0.2) is 0 Å². The minimum atomic E-state index is -0.842. The van der Waals surface area contributed by atoms with Crippen LogP contribution in [0, 0.1) is 16.0 Å². The van der Waals surface area contributed by atoms with Crippen molar-refractivity contribution >= 4 is 11.4 Å². The summed E-state index contributed by atoms with van der Waals surface area (Å²) >= 11 is 0. The maximum Gasteiger partial charge on any atom is 0.269 e. The summed E-state index contributed by atoms with van der Waals surface area (Å²) in [5, 5.41) is 33.2. The number of nitrogens with one attached hydrogen (secondary N) is 1. The summed E-state index contributed by atoms with van der Waals surface area (Å²) in [5.41, 5.74) is 1.76. The zero-order valence-electron chi connectivity index (χ0n) is 10.8. The maximum absolute atomic E-state index is 10.9. The average Bonchev–Trinajstić information content (AvgIpc) is 2.94. The van der Waals surface area contributed by atoms with Gasteiger partial charge >= 0.3 is 0 Å². The van der Waals surface area contributed by atoms with Crippen molar-refractivity contribution in [1.29, 1.82) is 0 Å². The highest BCUT2D eigenvalue weighted by Crippen LogP contribution is 2.46. The Morgan fingerprint density at radius 2 is 2.30 bits per heavy atom. The van der Waals surface area contributed by atoms with E-state index >= 15 is 0 Å². The van der Waals surface area contributed by atoms with Gasteiger partial charge in [-0.05, 0) is 24.0 Å². The number of nitro benzene ring substituents is 1. The fourth-order valence-corrected chi connectivity index (χ4v) is 3.23. The molecule has 3 N–H and O–H groups in total. The van der Waals surface area contributed by atoms with Gasteiger partial charge in [0.2, 0.25) is 0 Å². The number of nitrogens with zero attached hydrogens (tertiary/aromatic N) is 1. The van der Waals surface area contributed by atoms with Gasteiger partial charge in [0, 0.05) is 23.7 Å². The second-order valence-corrected chi connectivity index (χ2v) is 5.30. The van der Waals surface area contributed by atoms with E-state index in [2.05, 4.69) is 5.32 Å². The molecule has 0 aromatic heterocycles. The average molecular weight is 276 g/mol. The maximum atomic E-state index is 10.9. The first kappa shape index (κ1) is 13.1. The van der Waals surface area contributed by atoms with E-state index in [0.717, 1.165) is 17.7 Å². The Hall–Kier alpha value is -1.92. The highest BCUT2D eigenvalue weighted by Gasteiger charge is 2.40. The highest BCUT2D eigenvalue weighted by molar-refractivity contribution is 5.62. The molecule has 20 heavy (non-hydrogen) atoms. The number of anilines is 1. The number of fused-ring (bicyclic) bond motifs is 3. The first-order chi connectivity index (χ1) is 9.61. The molecule has 2 aliphatic rings. The third kappa shape index (κ3) is 1.97. The largest absolute Gasteiger partial charge is 0.394 e. The van der Waals surface area contributed by atoms with Gasteiger partial charge in [-0.3, -0.25) is 10.1 Å². The van der Waals surface area contributed by atoms with E-state index in [-0.39, 0.29) is 30.2 Å². The van der Waals surface area contributed by atoms with Gasteiger partial charge in [-0.25, -0.2) is 0 Å². The summed E-state index contributed by atoms with van der Waals surface area (Å²) < 4.78 is 0. The van der Waals surface area contributed by atoms with Gasteiger partial charge < -0.3 is 15.5 Å². The summed E-state index contributed by atoms with van der Waals surface area (Å²) in [6.07, 6.45) is 4.01. The minimum Gasteiger partial charge on any atom is -0.394 e. The number of hydrogen-bond acceptors (Lipinski definition) is 5. The van der Waals surface area contributed by atoms with Crippen LogP contribution in [0.5, 0.6) is 0 Å². The van der Waals surface area contributed by atoms with Gasteiger partial charge in [-0.1, -0.05) is 12.2 Å². The lowest BCUT2D eigenvalue weighted by atomic mass is 9.77. The Morgan fingerprint density at radius 3 is 3.00 bits per heavy atom. The first-order valence-electron chi connectivity index (χ1n) is 6.62. The zero-order chi connectivity index (χ0) is 14.3. The summed E-state index contributed by atoms with van der Waals surface area (Å²) in [6, 6.07) is 4.48. The topological polar surface area (TPSA) is 95.6 Å². The first-order valence-corrected chi connectivity index (χ1v) is 6.62. The van der Waals surface area contributed by atoms with Gasteiger partial charge in [0.25, 0.3) is 5.69 Å². The third-order valence-corrected chi connectivity index (χ3v) is 4.20. The Labute approximate surface area is 115 Å². The number of aliphatic hydroxyl groups is 2. The molecule has 1 aromatic rings. The van der Waals surface area contributed by atoms with E-state index in [0.29, 0.717) is 0 Å². The van der Waals surface area contributed by atoms with E-state index in [9.17, 15) is 20.3 Å². The molecule has 1 heterocycles. The second kappa shape index (κ2) is 4.88. The van der Waals surface area contributed by atoms with Crippen molar-refractivity contribution in [2.75, 3.05) is 11.9 Å². The number of allylic oxidation sites excluding steroid dienone is 2.